The number of rotatable bonds is 5. The van der Waals surface area contributed by atoms with E-state index in [0.29, 0.717) is 6.54 Å². The van der Waals surface area contributed by atoms with Crippen LogP contribution in [-0.4, -0.2) is 21.7 Å². The topological polar surface area (TPSA) is 58.0 Å². The van der Waals surface area contributed by atoms with Crippen LogP contribution in [0.1, 0.15) is 17.3 Å². The van der Waals surface area contributed by atoms with E-state index >= 15 is 0 Å². The molecular weight excluding hydrogens is 214 g/mol. The molecular formula is C13H15N3O. The van der Waals surface area contributed by atoms with Crippen LogP contribution >= 0.6 is 0 Å². The Morgan fingerprint density at radius 2 is 2.00 bits per heavy atom. The molecule has 0 bridgehead atoms. The summed E-state index contributed by atoms with van der Waals surface area (Å²) in [7, 11) is 0. The van der Waals surface area contributed by atoms with E-state index in [0.717, 1.165) is 11.3 Å². The maximum absolute atomic E-state index is 9.36. The summed E-state index contributed by atoms with van der Waals surface area (Å²) < 4.78 is 0. The number of hydrogen-bond acceptors (Lipinski definition) is 4. The zero-order valence-corrected chi connectivity index (χ0v) is 9.45. The molecule has 0 fully saturated rings. The Bertz CT molecular complexity index is 433. The fourth-order valence-electron chi connectivity index (χ4n) is 1.62. The molecule has 0 spiro atoms. The predicted molar refractivity (Wildman–Crippen MR) is 65.1 cm³/mol. The van der Waals surface area contributed by atoms with E-state index in [4.69, 9.17) is 0 Å². The molecule has 1 atom stereocenters. The summed E-state index contributed by atoms with van der Waals surface area (Å²) >= 11 is 0. The normalized spacial score (nSPS) is 12.3. The van der Waals surface area contributed by atoms with Crippen molar-refractivity contribution in [3.05, 3.63) is 60.2 Å². The molecule has 0 aliphatic rings. The first-order valence-electron chi connectivity index (χ1n) is 5.54. The van der Waals surface area contributed by atoms with E-state index < -0.39 is 0 Å². The van der Waals surface area contributed by atoms with E-state index in [2.05, 4.69) is 15.3 Å². The molecule has 0 radical (unpaired) electrons. The molecule has 1 heterocycles. The van der Waals surface area contributed by atoms with Crippen molar-refractivity contribution in [2.45, 2.75) is 12.6 Å². The molecule has 4 nitrogen and oxygen atoms in total. The Morgan fingerprint density at radius 1 is 1.18 bits per heavy atom. The monoisotopic (exact) mass is 229 g/mol. The average molecular weight is 229 g/mol. The van der Waals surface area contributed by atoms with Crippen molar-refractivity contribution in [3.8, 4) is 0 Å². The lowest BCUT2D eigenvalue weighted by Gasteiger charge is -2.16. The summed E-state index contributed by atoms with van der Waals surface area (Å²) in [6.45, 7) is 0.651. The first kappa shape index (κ1) is 11.7. The number of benzene rings is 1. The number of nitrogens with one attached hydrogen (secondary N) is 1. The van der Waals surface area contributed by atoms with Gasteiger partial charge in [-0.15, -0.1) is 0 Å². The van der Waals surface area contributed by atoms with Gasteiger partial charge in [-0.05, 0) is 5.56 Å². The minimum Gasteiger partial charge on any atom is -0.394 e. The Morgan fingerprint density at radius 3 is 2.65 bits per heavy atom. The van der Waals surface area contributed by atoms with Crippen LogP contribution in [0.4, 0.5) is 0 Å². The smallest absolute Gasteiger partial charge is 0.0724 e. The fraction of sp³-hybridized carbons (Fsp3) is 0.231. The molecule has 1 aromatic heterocycles. The molecule has 2 aromatic rings. The number of hydrogen-bond donors (Lipinski definition) is 2. The highest BCUT2D eigenvalue weighted by molar-refractivity contribution is 5.19. The maximum atomic E-state index is 9.36. The van der Waals surface area contributed by atoms with Gasteiger partial charge in [0.1, 0.15) is 0 Å². The van der Waals surface area contributed by atoms with E-state index in [1.54, 1.807) is 18.6 Å². The number of aliphatic hydroxyl groups is 1. The van der Waals surface area contributed by atoms with Crippen LogP contribution in [0.3, 0.4) is 0 Å². The molecule has 2 N–H and O–H groups in total. The lowest BCUT2D eigenvalue weighted by atomic mass is 10.1. The largest absolute Gasteiger partial charge is 0.394 e. The molecule has 0 saturated carbocycles. The zero-order chi connectivity index (χ0) is 11.9. The summed E-state index contributed by atoms with van der Waals surface area (Å²) in [5.41, 5.74) is 1.93. The predicted octanol–water partition coefficient (Wildman–Crippen LogP) is 1.30. The van der Waals surface area contributed by atoms with Crippen molar-refractivity contribution >= 4 is 0 Å². The summed E-state index contributed by atoms with van der Waals surface area (Å²) in [5, 5.41) is 12.6. The van der Waals surface area contributed by atoms with Gasteiger partial charge in [0, 0.05) is 25.1 Å². The van der Waals surface area contributed by atoms with E-state index in [1.165, 1.54) is 0 Å². The molecule has 4 heteroatoms. The van der Waals surface area contributed by atoms with Gasteiger partial charge in [0.15, 0.2) is 0 Å². The van der Waals surface area contributed by atoms with Crippen LogP contribution in [0.2, 0.25) is 0 Å². The van der Waals surface area contributed by atoms with Crippen LogP contribution in [0.15, 0.2) is 48.9 Å². The minimum absolute atomic E-state index is 0.0598. The molecule has 2 rings (SSSR count). The van der Waals surface area contributed by atoms with E-state index in [1.807, 2.05) is 30.3 Å². The second-order valence-electron chi connectivity index (χ2n) is 3.72. The van der Waals surface area contributed by atoms with Crippen LogP contribution in [0.25, 0.3) is 0 Å². The van der Waals surface area contributed by atoms with Crippen molar-refractivity contribution in [2.75, 3.05) is 6.61 Å². The van der Waals surface area contributed by atoms with Crippen LogP contribution in [0, 0.1) is 0 Å². The standard InChI is InChI=1S/C13H15N3O/c17-10-13(11-4-2-1-3-5-11)16-9-12-8-14-6-7-15-12/h1-8,13,16-17H,9-10H2. The first-order chi connectivity index (χ1) is 8.40. The fourth-order valence-corrected chi connectivity index (χ4v) is 1.62. The van der Waals surface area contributed by atoms with Gasteiger partial charge < -0.3 is 10.4 Å². The Balaban J connectivity index is 1.97. The lowest BCUT2D eigenvalue weighted by molar-refractivity contribution is 0.243. The zero-order valence-electron chi connectivity index (χ0n) is 9.45. The third kappa shape index (κ3) is 3.34. The highest BCUT2D eigenvalue weighted by atomic mass is 16.3. The summed E-state index contributed by atoms with van der Waals surface area (Å²) in [6, 6.07) is 9.79. The Kier molecular flexibility index (Phi) is 4.18. The Labute approximate surface area is 100 Å². The van der Waals surface area contributed by atoms with Gasteiger partial charge in [0.2, 0.25) is 0 Å². The molecule has 1 unspecified atom stereocenters. The molecule has 1 aromatic carbocycles. The van der Waals surface area contributed by atoms with Crippen LogP contribution in [0.5, 0.6) is 0 Å². The Hall–Kier alpha value is -1.78. The highest BCUT2D eigenvalue weighted by Gasteiger charge is 2.08. The molecule has 88 valence electrons. The summed E-state index contributed by atoms with van der Waals surface area (Å²) in [4.78, 5) is 8.17. The van der Waals surface area contributed by atoms with Crippen molar-refractivity contribution in [2.24, 2.45) is 0 Å². The van der Waals surface area contributed by atoms with Gasteiger partial charge in [0.25, 0.3) is 0 Å². The minimum atomic E-state index is -0.0711. The maximum Gasteiger partial charge on any atom is 0.0724 e. The molecule has 0 amide bonds. The van der Waals surface area contributed by atoms with Gasteiger partial charge in [-0.25, -0.2) is 0 Å². The lowest BCUT2D eigenvalue weighted by Crippen LogP contribution is -2.24. The average Bonchev–Trinajstić information content (AvgIpc) is 2.42. The van der Waals surface area contributed by atoms with Gasteiger partial charge in [-0.1, -0.05) is 30.3 Å². The second kappa shape index (κ2) is 6.08. The SMILES string of the molecule is OCC(NCc1cnccn1)c1ccccc1. The van der Waals surface area contributed by atoms with E-state index in [9.17, 15) is 5.11 Å². The number of nitrogens with zero attached hydrogens (tertiary/aromatic N) is 2. The first-order valence-corrected chi connectivity index (χ1v) is 5.54. The number of aliphatic hydroxyl groups excluding tert-OH is 1. The number of aromatic nitrogens is 2. The highest BCUT2D eigenvalue weighted by Crippen LogP contribution is 2.11. The third-order valence-corrected chi connectivity index (χ3v) is 2.53. The quantitative estimate of drug-likeness (QED) is 0.811. The van der Waals surface area contributed by atoms with E-state index in [-0.39, 0.29) is 12.6 Å². The summed E-state index contributed by atoms with van der Waals surface area (Å²) in [5.74, 6) is 0. The van der Waals surface area contributed by atoms with Crippen LogP contribution < -0.4 is 5.32 Å². The van der Waals surface area contributed by atoms with Crippen molar-refractivity contribution in [3.63, 3.8) is 0 Å². The van der Waals surface area contributed by atoms with Gasteiger partial charge in [-0.3, -0.25) is 9.97 Å². The molecule has 0 aliphatic carbocycles. The molecule has 0 aliphatic heterocycles. The van der Waals surface area contributed by atoms with Gasteiger partial charge >= 0.3 is 0 Å². The van der Waals surface area contributed by atoms with Crippen molar-refractivity contribution in [1.29, 1.82) is 0 Å². The van der Waals surface area contributed by atoms with Crippen molar-refractivity contribution < 1.29 is 5.11 Å². The van der Waals surface area contributed by atoms with Gasteiger partial charge in [0.05, 0.1) is 18.3 Å². The molecule has 0 saturated heterocycles. The van der Waals surface area contributed by atoms with Crippen LogP contribution in [-0.2, 0) is 6.54 Å². The molecule has 17 heavy (non-hydrogen) atoms. The van der Waals surface area contributed by atoms with Gasteiger partial charge in [-0.2, -0.15) is 0 Å². The third-order valence-electron chi connectivity index (χ3n) is 2.53. The summed E-state index contributed by atoms with van der Waals surface area (Å²) in [6.07, 6.45) is 5.02. The van der Waals surface area contributed by atoms with Crippen molar-refractivity contribution in [1.82, 2.24) is 15.3 Å². The second-order valence-corrected chi connectivity index (χ2v) is 3.72.